The van der Waals surface area contributed by atoms with Gasteiger partial charge in [0.05, 0.1) is 14.2 Å². The van der Waals surface area contributed by atoms with Gasteiger partial charge in [-0.2, -0.15) is 0 Å². The van der Waals surface area contributed by atoms with E-state index in [9.17, 15) is 0 Å². The smallest absolute Gasteiger partial charge is 0.129 e. The zero-order chi connectivity index (χ0) is 14.5. The highest BCUT2D eigenvalue weighted by Gasteiger charge is 2.21. The van der Waals surface area contributed by atoms with Crippen LogP contribution in [-0.4, -0.2) is 27.3 Å². The second kappa shape index (κ2) is 6.98. The molecule has 1 saturated heterocycles. The minimum Gasteiger partial charge on any atom is -0.496 e. The number of hydrogen-bond acceptors (Lipinski definition) is 3. The summed E-state index contributed by atoms with van der Waals surface area (Å²) in [4.78, 5) is 0. The molecule has 3 nitrogen and oxygen atoms in total. The monoisotopic (exact) mass is 277 g/mol. The summed E-state index contributed by atoms with van der Waals surface area (Å²) in [6.45, 7) is 6.65. The predicted molar refractivity (Wildman–Crippen MR) is 82.9 cm³/mol. The van der Waals surface area contributed by atoms with Gasteiger partial charge in [0, 0.05) is 5.56 Å². The van der Waals surface area contributed by atoms with Gasteiger partial charge in [-0.25, -0.2) is 0 Å². The highest BCUT2D eigenvalue weighted by molar-refractivity contribution is 5.52. The Morgan fingerprint density at radius 2 is 2.05 bits per heavy atom. The van der Waals surface area contributed by atoms with Crippen LogP contribution in [0.3, 0.4) is 0 Å². The Bertz CT molecular complexity index is 437. The van der Waals surface area contributed by atoms with E-state index < -0.39 is 0 Å². The number of ether oxygens (including phenoxy) is 2. The van der Waals surface area contributed by atoms with Crippen molar-refractivity contribution in [2.75, 3.05) is 27.3 Å². The summed E-state index contributed by atoms with van der Waals surface area (Å²) in [6, 6.07) is 4.25. The number of rotatable bonds is 5. The van der Waals surface area contributed by atoms with Crippen LogP contribution in [0.2, 0.25) is 0 Å². The molecule has 0 saturated carbocycles. The molecule has 1 aliphatic rings. The summed E-state index contributed by atoms with van der Waals surface area (Å²) in [5, 5.41) is 3.49. The molecule has 1 aliphatic heterocycles. The van der Waals surface area contributed by atoms with E-state index in [1.807, 2.05) is 0 Å². The van der Waals surface area contributed by atoms with Gasteiger partial charge in [0.2, 0.25) is 0 Å². The van der Waals surface area contributed by atoms with Crippen molar-refractivity contribution in [2.45, 2.75) is 39.0 Å². The van der Waals surface area contributed by atoms with E-state index in [0.717, 1.165) is 31.0 Å². The molecular weight excluding hydrogens is 250 g/mol. The molecule has 1 N–H and O–H groups in total. The number of piperidine rings is 1. The van der Waals surface area contributed by atoms with Gasteiger partial charge in [-0.1, -0.05) is 19.9 Å². The average molecular weight is 277 g/mol. The molecule has 1 aromatic carbocycles. The first kappa shape index (κ1) is 15.2. The van der Waals surface area contributed by atoms with E-state index in [4.69, 9.17) is 9.47 Å². The van der Waals surface area contributed by atoms with E-state index in [0.29, 0.717) is 11.8 Å². The SMILES string of the molecule is COc1ccc(CC2CCCNC2)c(OC)c1C(C)C. The maximum absolute atomic E-state index is 5.72. The van der Waals surface area contributed by atoms with Crippen molar-refractivity contribution in [3.63, 3.8) is 0 Å². The summed E-state index contributed by atoms with van der Waals surface area (Å²) >= 11 is 0. The number of hydrogen-bond donors (Lipinski definition) is 1. The van der Waals surface area contributed by atoms with Crippen LogP contribution in [-0.2, 0) is 6.42 Å². The molecule has 3 heteroatoms. The van der Waals surface area contributed by atoms with E-state index in [1.165, 1.54) is 24.0 Å². The van der Waals surface area contributed by atoms with E-state index >= 15 is 0 Å². The zero-order valence-electron chi connectivity index (χ0n) is 13.2. The van der Waals surface area contributed by atoms with Crippen molar-refractivity contribution in [3.8, 4) is 11.5 Å². The van der Waals surface area contributed by atoms with Crippen LogP contribution in [0, 0.1) is 5.92 Å². The topological polar surface area (TPSA) is 30.5 Å². The molecule has 0 aliphatic carbocycles. The van der Waals surface area contributed by atoms with Crippen LogP contribution < -0.4 is 14.8 Å². The Morgan fingerprint density at radius 3 is 2.60 bits per heavy atom. The third kappa shape index (κ3) is 3.26. The third-order valence-corrected chi connectivity index (χ3v) is 4.15. The summed E-state index contributed by atoms with van der Waals surface area (Å²) in [5.41, 5.74) is 2.50. The lowest BCUT2D eigenvalue weighted by Gasteiger charge is -2.25. The summed E-state index contributed by atoms with van der Waals surface area (Å²) < 4.78 is 11.2. The Hall–Kier alpha value is -1.22. The van der Waals surface area contributed by atoms with E-state index in [1.54, 1.807) is 14.2 Å². The fourth-order valence-corrected chi connectivity index (χ4v) is 3.16. The van der Waals surface area contributed by atoms with Gasteiger partial charge >= 0.3 is 0 Å². The molecule has 0 spiro atoms. The maximum Gasteiger partial charge on any atom is 0.129 e. The Morgan fingerprint density at radius 1 is 1.25 bits per heavy atom. The fourth-order valence-electron chi connectivity index (χ4n) is 3.16. The number of nitrogens with one attached hydrogen (secondary N) is 1. The van der Waals surface area contributed by atoms with E-state index in [2.05, 4.69) is 31.3 Å². The average Bonchev–Trinajstić information content (AvgIpc) is 2.47. The van der Waals surface area contributed by atoms with Crippen LogP contribution in [0.15, 0.2) is 12.1 Å². The van der Waals surface area contributed by atoms with Gasteiger partial charge in [-0.15, -0.1) is 0 Å². The van der Waals surface area contributed by atoms with Gasteiger partial charge in [0.1, 0.15) is 11.5 Å². The highest BCUT2D eigenvalue weighted by atomic mass is 16.5. The summed E-state index contributed by atoms with van der Waals surface area (Å²) in [6.07, 6.45) is 3.67. The minimum atomic E-state index is 0.393. The highest BCUT2D eigenvalue weighted by Crippen LogP contribution is 2.39. The lowest BCUT2D eigenvalue weighted by atomic mass is 9.89. The van der Waals surface area contributed by atoms with Crippen LogP contribution >= 0.6 is 0 Å². The quantitative estimate of drug-likeness (QED) is 0.895. The van der Waals surface area contributed by atoms with Gasteiger partial charge < -0.3 is 14.8 Å². The van der Waals surface area contributed by atoms with Gasteiger partial charge in [-0.05, 0) is 55.8 Å². The van der Waals surface area contributed by atoms with Gasteiger partial charge in [-0.3, -0.25) is 0 Å². The molecule has 1 atom stereocenters. The molecule has 1 heterocycles. The molecular formula is C17H27NO2. The first-order valence-electron chi connectivity index (χ1n) is 7.61. The number of methoxy groups -OCH3 is 2. The van der Waals surface area contributed by atoms with Crippen molar-refractivity contribution in [1.29, 1.82) is 0 Å². The standard InChI is InChI=1S/C17H27NO2/c1-12(2)16-15(19-3)8-7-14(17(16)20-4)10-13-6-5-9-18-11-13/h7-8,12-13,18H,5-6,9-11H2,1-4H3. The Labute approximate surface area is 122 Å². The number of benzene rings is 1. The van der Waals surface area contributed by atoms with Crippen molar-refractivity contribution >= 4 is 0 Å². The molecule has 0 aromatic heterocycles. The minimum absolute atomic E-state index is 0.393. The maximum atomic E-state index is 5.72. The second-order valence-electron chi connectivity index (χ2n) is 5.95. The first-order valence-corrected chi connectivity index (χ1v) is 7.61. The molecule has 20 heavy (non-hydrogen) atoms. The molecule has 0 amide bonds. The Balaban J connectivity index is 2.30. The van der Waals surface area contributed by atoms with Gasteiger partial charge in [0.15, 0.2) is 0 Å². The summed E-state index contributed by atoms with van der Waals surface area (Å²) in [5.74, 6) is 3.06. The van der Waals surface area contributed by atoms with Crippen LogP contribution in [0.5, 0.6) is 11.5 Å². The lowest BCUT2D eigenvalue weighted by molar-refractivity contribution is 0.356. The van der Waals surface area contributed by atoms with Crippen molar-refractivity contribution < 1.29 is 9.47 Å². The molecule has 1 aromatic rings. The first-order chi connectivity index (χ1) is 9.67. The van der Waals surface area contributed by atoms with Crippen LogP contribution in [0.4, 0.5) is 0 Å². The predicted octanol–water partition coefficient (Wildman–Crippen LogP) is 3.37. The largest absolute Gasteiger partial charge is 0.496 e. The molecule has 1 fully saturated rings. The lowest BCUT2D eigenvalue weighted by Crippen LogP contribution is -2.31. The molecule has 0 radical (unpaired) electrons. The van der Waals surface area contributed by atoms with Crippen molar-refractivity contribution in [3.05, 3.63) is 23.3 Å². The van der Waals surface area contributed by atoms with Gasteiger partial charge in [0.25, 0.3) is 0 Å². The molecule has 112 valence electrons. The molecule has 0 bridgehead atoms. The normalized spacial score (nSPS) is 19.1. The Kier molecular flexibility index (Phi) is 5.30. The molecule has 2 rings (SSSR count). The molecule has 1 unspecified atom stereocenters. The summed E-state index contributed by atoms with van der Waals surface area (Å²) in [7, 11) is 3.49. The van der Waals surface area contributed by atoms with Crippen molar-refractivity contribution in [2.24, 2.45) is 5.92 Å². The fraction of sp³-hybridized carbons (Fsp3) is 0.647. The zero-order valence-corrected chi connectivity index (χ0v) is 13.2. The van der Waals surface area contributed by atoms with Crippen LogP contribution in [0.1, 0.15) is 43.7 Å². The van der Waals surface area contributed by atoms with Crippen LogP contribution in [0.25, 0.3) is 0 Å². The van der Waals surface area contributed by atoms with E-state index in [-0.39, 0.29) is 0 Å². The second-order valence-corrected chi connectivity index (χ2v) is 5.95. The van der Waals surface area contributed by atoms with Crippen molar-refractivity contribution in [1.82, 2.24) is 5.32 Å². The third-order valence-electron chi connectivity index (χ3n) is 4.15.